The average molecular weight is 273 g/mol. The van der Waals surface area contributed by atoms with Crippen LogP contribution in [-0.2, 0) is 69.8 Å². The standard InChI is InChI=1S/Co.Cu.Mg.Ni.Zn.2H/q;;+2;;;2*-1. The Kier molecular flexibility index (Phi) is 254. The normalized spacial score (nSPS) is 0. The van der Waals surface area contributed by atoms with Crippen molar-refractivity contribution in [2.75, 3.05) is 0 Å². The van der Waals surface area contributed by atoms with Gasteiger partial charge in [-0.1, -0.05) is 0 Å². The SMILES string of the molecule is [Co].[Cu].[H-].[H-].[Mg+2].[Ni].[Zn]. The second-order valence-corrected chi connectivity index (χ2v) is 0. The molecule has 5 heavy (non-hydrogen) atoms. The van der Waals surface area contributed by atoms with Gasteiger partial charge in [0.25, 0.3) is 0 Å². The predicted octanol–water partition coefficient (Wildman–Crippen LogP) is -0.166. The van der Waals surface area contributed by atoms with Gasteiger partial charge in [0.1, 0.15) is 0 Å². The van der Waals surface area contributed by atoms with E-state index in [1.165, 1.54) is 0 Å². The Labute approximate surface area is 94.5 Å². The smallest absolute Gasteiger partial charge is 1.00 e. The van der Waals surface area contributed by atoms with Crippen molar-refractivity contribution in [2.45, 2.75) is 0 Å². The van der Waals surface area contributed by atoms with E-state index in [0.717, 1.165) is 0 Å². The monoisotopic (exact) mass is 270 g/mol. The van der Waals surface area contributed by atoms with Crippen molar-refractivity contribution in [3.63, 3.8) is 0 Å². The minimum Gasteiger partial charge on any atom is -1.00 e. The number of rotatable bonds is 0. The molecule has 0 aliphatic carbocycles. The molecule has 36 valence electrons. The zero-order valence-electron chi connectivity index (χ0n) is 4.37. The average Bonchev–Trinajstić information content (AvgIpc) is 0. The van der Waals surface area contributed by atoms with Crippen molar-refractivity contribution in [3.05, 3.63) is 0 Å². The number of hydrogen-bond donors (Lipinski definition) is 0. The molecule has 0 aliphatic rings. The fourth-order valence-corrected chi connectivity index (χ4v) is 0. The van der Waals surface area contributed by atoms with Gasteiger partial charge < -0.3 is 2.85 Å². The second kappa shape index (κ2) is 28.5. The molecule has 0 aromatic carbocycles. The molecule has 0 rings (SSSR count). The van der Waals surface area contributed by atoms with Crippen LogP contribution in [0.2, 0.25) is 0 Å². The molecule has 0 unspecified atom stereocenters. The van der Waals surface area contributed by atoms with Crippen LogP contribution >= 0.6 is 0 Å². The third kappa shape index (κ3) is 19.7. The van der Waals surface area contributed by atoms with E-state index in [-0.39, 0.29) is 95.7 Å². The van der Waals surface area contributed by atoms with Crippen LogP contribution in [0.3, 0.4) is 0 Å². The fraction of sp³-hybridized carbons (Fsp3) is 0. The zero-order chi connectivity index (χ0) is 0. The molecule has 2 radical (unpaired) electrons. The van der Waals surface area contributed by atoms with Crippen molar-refractivity contribution in [1.82, 2.24) is 0 Å². The molecule has 0 bridgehead atoms. The van der Waals surface area contributed by atoms with Gasteiger partial charge in [-0.05, 0) is 0 Å². The summed E-state index contributed by atoms with van der Waals surface area (Å²) in [6.07, 6.45) is 0. The topological polar surface area (TPSA) is 0 Å². The quantitative estimate of drug-likeness (QED) is 0.538. The molecule has 0 saturated carbocycles. The van der Waals surface area contributed by atoms with Gasteiger partial charge in [0.05, 0.1) is 0 Å². The Bertz CT molecular complexity index is 17.7. The van der Waals surface area contributed by atoms with Crippen LogP contribution in [0.5, 0.6) is 0 Å². The van der Waals surface area contributed by atoms with Crippen LogP contribution < -0.4 is 0 Å². The van der Waals surface area contributed by atoms with Crippen LogP contribution in [0.15, 0.2) is 0 Å². The van der Waals surface area contributed by atoms with Gasteiger partial charge in [-0.3, -0.25) is 0 Å². The summed E-state index contributed by atoms with van der Waals surface area (Å²) in [4.78, 5) is 0. The van der Waals surface area contributed by atoms with Crippen LogP contribution in [0.1, 0.15) is 2.85 Å². The van der Waals surface area contributed by atoms with E-state index in [1.54, 1.807) is 0 Å². The van der Waals surface area contributed by atoms with Gasteiger partial charge in [-0.15, -0.1) is 0 Å². The Morgan fingerprint density at radius 1 is 1.20 bits per heavy atom. The molecular formula is H2CoCuMgNiZn. The Morgan fingerprint density at radius 2 is 1.20 bits per heavy atom. The Balaban J connectivity index is 0. The van der Waals surface area contributed by atoms with Crippen molar-refractivity contribution >= 4 is 23.1 Å². The van der Waals surface area contributed by atoms with Crippen LogP contribution in [0.25, 0.3) is 0 Å². The van der Waals surface area contributed by atoms with Crippen molar-refractivity contribution in [1.29, 1.82) is 0 Å². The minimum atomic E-state index is 0. The van der Waals surface area contributed by atoms with E-state index in [4.69, 9.17) is 0 Å². The van der Waals surface area contributed by atoms with E-state index in [0.29, 0.717) is 0 Å². The summed E-state index contributed by atoms with van der Waals surface area (Å²) in [6, 6.07) is 0. The fourth-order valence-electron chi connectivity index (χ4n) is 0. The first kappa shape index (κ1) is 44.6. The third-order valence-electron chi connectivity index (χ3n) is 0. The van der Waals surface area contributed by atoms with E-state index >= 15 is 0 Å². The van der Waals surface area contributed by atoms with Gasteiger partial charge >= 0.3 is 23.1 Å². The molecule has 0 fully saturated rings. The van der Waals surface area contributed by atoms with Crippen molar-refractivity contribution < 1.29 is 72.7 Å². The van der Waals surface area contributed by atoms with Crippen LogP contribution in [0, 0.1) is 0 Å². The summed E-state index contributed by atoms with van der Waals surface area (Å²) < 4.78 is 0. The molecule has 0 spiro atoms. The maximum absolute atomic E-state index is 0. The van der Waals surface area contributed by atoms with E-state index in [1.807, 2.05) is 0 Å². The summed E-state index contributed by atoms with van der Waals surface area (Å²) in [7, 11) is 0. The first-order chi connectivity index (χ1) is 0. The maximum atomic E-state index is 0. The van der Waals surface area contributed by atoms with Gasteiger partial charge in [0, 0.05) is 69.8 Å². The van der Waals surface area contributed by atoms with Gasteiger partial charge in [0.2, 0.25) is 0 Å². The first-order valence-corrected chi connectivity index (χ1v) is 0. The summed E-state index contributed by atoms with van der Waals surface area (Å²) in [5.74, 6) is 0. The molecule has 5 heteroatoms. The predicted molar refractivity (Wildman–Crippen MR) is 7.98 cm³/mol. The van der Waals surface area contributed by atoms with Crippen molar-refractivity contribution in [2.24, 2.45) is 0 Å². The molecule has 0 aromatic rings. The minimum absolute atomic E-state index is 0. The molecule has 0 aliphatic heterocycles. The molecule has 0 saturated heterocycles. The summed E-state index contributed by atoms with van der Waals surface area (Å²) >= 11 is 0. The number of hydrogen-bond acceptors (Lipinski definition) is 0. The molecule has 0 amide bonds. The van der Waals surface area contributed by atoms with Gasteiger partial charge in [-0.2, -0.15) is 0 Å². The van der Waals surface area contributed by atoms with Crippen LogP contribution in [-0.4, -0.2) is 23.1 Å². The summed E-state index contributed by atoms with van der Waals surface area (Å²) in [6.45, 7) is 0. The molecular weight excluding hydrogens is 271 g/mol. The Hall–Kier alpha value is 2.91. The molecule has 0 atom stereocenters. The van der Waals surface area contributed by atoms with Crippen molar-refractivity contribution in [3.8, 4) is 0 Å². The molecule has 0 nitrogen and oxygen atoms in total. The molecule has 0 heterocycles. The third-order valence-corrected chi connectivity index (χ3v) is 0. The van der Waals surface area contributed by atoms with E-state index in [9.17, 15) is 0 Å². The summed E-state index contributed by atoms with van der Waals surface area (Å²) in [5, 5.41) is 0. The van der Waals surface area contributed by atoms with Crippen LogP contribution in [0.4, 0.5) is 0 Å². The summed E-state index contributed by atoms with van der Waals surface area (Å²) in [5.41, 5.74) is 0. The molecule has 0 aromatic heterocycles. The first-order valence-electron chi connectivity index (χ1n) is 0. The Morgan fingerprint density at radius 3 is 1.20 bits per heavy atom. The molecule has 0 N–H and O–H groups in total. The van der Waals surface area contributed by atoms with E-state index < -0.39 is 0 Å². The largest absolute Gasteiger partial charge is 2.00 e. The van der Waals surface area contributed by atoms with Gasteiger partial charge in [0.15, 0.2) is 0 Å². The zero-order valence-corrected chi connectivity index (χ0v) is 9.72. The second-order valence-electron chi connectivity index (χ2n) is 0. The maximum Gasteiger partial charge on any atom is 2.00 e. The van der Waals surface area contributed by atoms with Gasteiger partial charge in [-0.25, -0.2) is 0 Å². The van der Waals surface area contributed by atoms with E-state index in [2.05, 4.69) is 0 Å².